The number of Topliss-reactive ketones (excluding diaryl/α,β-unsaturated/α-hetero) is 1. The second-order valence-corrected chi connectivity index (χ2v) is 8.58. The summed E-state index contributed by atoms with van der Waals surface area (Å²) in [5.41, 5.74) is 1.81. The molecule has 0 aromatic heterocycles. The van der Waals surface area contributed by atoms with Crippen molar-refractivity contribution in [3.63, 3.8) is 0 Å². The number of aliphatic hydroxyl groups is 1. The molecule has 180 valence electrons. The summed E-state index contributed by atoms with van der Waals surface area (Å²) >= 11 is 6.29. The van der Waals surface area contributed by atoms with Gasteiger partial charge >= 0.3 is 0 Å². The van der Waals surface area contributed by atoms with Crippen LogP contribution < -0.4 is 14.4 Å². The lowest BCUT2D eigenvalue weighted by Crippen LogP contribution is -2.29. The van der Waals surface area contributed by atoms with Gasteiger partial charge in [-0.25, -0.2) is 4.39 Å². The van der Waals surface area contributed by atoms with Crippen LogP contribution in [0.2, 0.25) is 5.02 Å². The average molecular weight is 496 g/mol. The number of nitrogens with zero attached hydrogens (tertiary/aromatic N) is 1. The maximum atomic E-state index is 15.1. The second kappa shape index (κ2) is 9.43. The number of aliphatic hydroxyl groups excluding tert-OH is 1. The topological polar surface area (TPSA) is 76.1 Å². The van der Waals surface area contributed by atoms with E-state index >= 15 is 4.39 Å². The fraction of sp³-hybridized carbons (Fsp3) is 0.185. The van der Waals surface area contributed by atoms with Gasteiger partial charge in [0.25, 0.3) is 11.7 Å². The number of carbonyl (C=O) groups excluding carboxylic acids is 2. The quantitative estimate of drug-likeness (QED) is 0.277. The Balaban J connectivity index is 2.02. The number of hydrogen-bond donors (Lipinski definition) is 1. The highest BCUT2D eigenvalue weighted by Gasteiger charge is 2.48. The summed E-state index contributed by atoms with van der Waals surface area (Å²) in [7, 11) is 2.89. The number of ether oxygens (including phenoxy) is 2. The van der Waals surface area contributed by atoms with Crippen LogP contribution >= 0.6 is 11.6 Å². The Hall–Kier alpha value is -3.84. The van der Waals surface area contributed by atoms with Crippen LogP contribution in [-0.2, 0) is 9.59 Å². The molecular formula is C27H23ClFNO5. The third-order valence-electron chi connectivity index (χ3n) is 5.94. The van der Waals surface area contributed by atoms with Gasteiger partial charge in [0.2, 0.25) is 0 Å². The smallest absolute Gasteiger partial charge is 0.300 e. The number of benzene rings is 3. The maximum absolute atomic E-state index is 15.1. The molecule has 3 aromatic carbocycles. The molecule has 0 saturated carbocycles. The summed E-state index contributed by atoms with van der Waals surface area (Å²) in [6, 6.07) is 12.6. The lowest BCUT2D eigenvalue weighted by Gasteiger charge is -2.26. The van der Waals surface area contributed by atoms with E-state index in [-0.39, 0.29) is 27.4 Å². The Labute approximate surface area is 207 Å². The van der Waals surface area contributed by atoms with E-state index in [9.17, 15) is 14.7 Å². The van der Waals surface area contributed by atoms with Gasteiger partial charge in [0.05, 0.1) is 36.4 Å². The summed E-state index contributed by atoms with van der Waals surface area (Å²) in [6.07, 6.45) is 0. The fourth-order valence-corrected chi connectivity index (χ4v) is 4.69. The van der Waals surface area contributed by atoms with Gasteiger partial charge in [0.15, 0.2) is 0 Å². The molecule has 8 heteroatoms. The largest absolute Gasteiger partial charge is 0.507 e. The first-order valence-electron chi connectivity index (χ1n) is 10.7. The van der Waals surface area contributed by atoms with Crippen LogP contribution in [0.1, 0.15) is 28.3 Å². The number of rotatable bonds is 5. The molecule has 1 saturated heterocycles. The van der Waals surface area contributed by atoms with Crippen molar-refractivity contribution >= 4 is 34.7 Å². The SMILES string of the molecule is COc1ccc(N2C(=O)C(=O)/C(=C(/O)c3cc(C)cc(C)c3OC)C2c2ccccc2F)cc1Cl. The summed E-state index contributed by atoms with van der Waals surface area (Å²) in [5.74, 6) is -2.26. The van der Waals surface area contributed by atoms with Crippen molar-refractivity contribution in [2.75, 3.05) is 19.1 Å². The number of anilines is 1. The number of amides is 1. The average Bonchev–Trinajstić information content (AvgIpc) is 3.08. The molecule has 1 aliphatic rings. The maximum Gasteiger partial charge on any atom is 0.300 e. The first-order chi connectivity index (χ1) is 16.7. The molecule has 0 spiro atoms. The minimum atomic E-state index is -1.24. The second-order valence-electron chi connectivity index (χ2n) is 8.17. The Bertz CT molecular complexity index is 1380. The fourth-order valence-electron chi connectivity index (χ4n) is 4.44. The van der Waals surface area contributed by atoms with Gasteiger partial charge in [0.1, 0.15) is 23.1 Å². The van der Waals surface area contributed by atoms with Crippen LogP contribution in [0.15, 0.2) is 60.2 Å². The summed E-state index contributed by atoms with van der Waals surface area (Å²) in [6.45, 7) is 3.63. The lowest BCUT2D eigenvalue weighted by atomic mass is 9.93. The van der Waals surface area contributed by atoms with E-state index in [4.69, 9.17) is 21.1 Å². The molecule has 1 heterocycles. The van der Waals surface area contributed by atoms with Crippen molar-refractivity contribution in [1.82, 2.24) is 0 Å². The van der Waals surface area contributed by atoms with Gasteiger partial charge in [0, 0.05) is 11.3 Å². The summed E-state index contributed by atoms with van der Waals surface area (Å²) < 4.78 is 25.7. The van der Waals surface area contributed by atoms with E-state index in [1.807, 2.05) is 13.0 Å². The molecule has 35 heavy (non-hydrogen) atoms. The molecular weight excluding hydrogens is 473 g/mol. The molecule has 1 amide bonds. The van der Waals surface area contributed by atoms with Gasteiger partial charge in [-0.1, -0.05) is 35.9 Å². The molecule has 0 aliphatic carbocycles. The zero-order valence-electron chi connectivity index (χ0n) is 19.6. The minimum Gasteiger partial charge on any atom is -0.507 e. The normalized spacial score (nSPS) is 17.1. The highest BCUT2D eigenvalue weighted by atomic mass is 35.5. The van der Waals surface area contributed by atoms with Crippen LogP contribution in [0, 0.1) is 19.7 Å². The van der Waals surface area contributed by atoms with Crippen molar-refractivity contribution in [1.29, 1.82) is 0 Å². The monoisotopic (exact) mass is 495 g/mol. The predicted molar refractivity (Wildman–Crippen MR) is 132 cm³/mol. The number of aryl methyl sites for hydroxylation is 2. The van der Waals surface area contributed by atoms with Crippen LogP contribution in [0.3, 0.4) is 0 Å². The molecule has 1 aliphatic heterocycles. The molecule has 1 unspecified atom stereocenters. The Kier molecular flexibility index (Phi) is 6.54. The lowest BCUT2D eigenvalue weighted by molar-refractivity contribution is -0.132. The van der Waals surface area contributed by atoms with E-state index in [1.54, 1.807) is 31.2 Å². The van der Waals surface area contributed by atoms with E-state index in [0.29, 0.717) is 11.5 Å². The van der Waals surface area contributed by atoms with E-state index in [1.165, 1.54) is 38.5 Å². The van der Waals surface area contributed by atoms with Crippen molar-refractivity contribution in [2.24, 2.45) is 0 Å². The number of methoxy groups -OCH3 is 2. The van der Waals surface area contributed by atoms with Crippen LogP contribution in [0.5, 0.6) is 11.5 Å². The Morgan fingerprint density at radius 2 is 1.74 bits per heavy atom. The molecule has 1 atom stereocenters. The number of ketones is 1. The molecule has 1 fully saturated rings. The van der Waals surface area contributed by atoms with Crippen molar-refractivity contribution in [3.05, 3.63) is 93.3 Å². The molecule has 3 aromatic rings. The van der Waals surface area contributed by atoms with Crippen molar-refractivity contribution in [2.45, 2.75) is 19.9 Å². The molecule has 1 N–H and O–H groups in total. The van der Waals surface area contributed by atoms with Crippen LogP contribution in [0.25, 0.3) is 5.76 Å². The van der Waals surface area contributed by atoms with Crippen LogP contribution in [-0.4, -0.2) is 31.0 Å². The molecule has 6 nitrogen and oxygen atoms in total. The third kappa shape index (κ3) is 4.12. The number of halogens is 2. The van der Waals surface area contributed by atoms with Crippen molar-refractivity contribution in [3.8, 4) is 11.5 Å². The zero-order chi connectivity index (χ0) is 25.4. The van der Waals surface area contributed by atoms with Crippen LogP contribution in [0.4, 0.5) is 10.1 Å². The standard InChI is InChI=1S/C27H23ClFNO5/c1-14-11-15(2)26(35-4)18(12-14)24(31)22-23(17-7-5-6-8-20(17)29)30(27(33)25(22)32)16-9-10-21(34-3)19(28)13-16/h5-13,23,31H,1-4H3/b24-22+. The summed E-state index contributed by atoms with van der Waals surface area (Å²) in [4.78, 5) is 27.8. The van der Waals surface area contributed by atoms with Gasteiger partial charge in [-0.2, -0.15) is 0 Å². The Morgan fingerprint density at radius 1 is 1.03 bits per heavy atom. The first-order valence-corrected chi connectivity index (χ1v) is 11.1. The van der Waals surface area contributed by atoms with Crippen molar-refractivity contribution < 1.29 is 28.6 Å². The van der Waals surface area contributed by atoms with Gasteiger partial charge in [-0.15, -0.1) is 0 Å². The van der Waals surface area contributed by atoms with E-state index in [2.05, 4.69) is 0 Å². The van der Waals surface area contributed by atoms with Gasteiger partial charge in [-0.3, -0.25) is 14.5 Å². The summed E-state index contributed by atoms with van der Waals surface area (Å²) in [5, 5.41) is 11.6. The third-order valence-corrected chi connectivity index (χ3v) is 6.23. The predicted octanol–water partition coefficient (Wildman–Crippen LogP) is 5.74. The molecule has 0 radical (unpaired) electrons. The highest BCUT2D eigenvalue weighted by molar-refractivity contribution is 6.52. The zero-order valence-corrected chi connectivity index (χ0v) is 20.3. The van der Waals surface area contributed by atoms with Gasteiger partial charge < -0.3 is 14.6 Å². The molecule has 4 rings (SSSR count). The number of hydrogen-bond acceptors (Lipinski definition) is 5. The molecule has 0 bridgehead atoms. The Morgan fingerprint density at radius 3 is 2.37 bits per heavy atom. The minimum absolute atomic E-state index is 0.0449. The van der Waals surface area contributed by atoms with E-state index in [0.717, 1.165) is 16.0 Å². The first kappa shape index (κ1) is 24.3. The van der Waals surface area contributed by atoms with Gasteiger partial charge in [-0.05, 0) is 55.3 Å². The highest BCUT2D eigenvalue weighted by Crippen LogP contribution is 2.45. The number of carbonyl (C=O) groups is 2. The van der Waals surface area contributed by atoms with E-state index < -0.39 is 29.3 Å².